The van der Waals surface area contributed by atoms with Crippen molar-refractivity contribution in [2.45, 2.75) is 13.0 Å². The van der Waals surface area contributed by atoms with Crippen molar-refractivity contribution in [1.82, 2.24) is 25.1 Å². The lowest BCUT2D eigenvalue weighted by Crippen LogP contribution is -2.53. The molecule has 172 valence electrons. The number of para-hydroxylation sites is 1. The number of nitrogens with one attached hydrogen (secondary N) is 1. The third-order valence-electron chi connectivity index (χ3n) is 5.63. The summed E-state index contributed by atoms with van der Waals surface area (Å²) in [7, 11) is 1.45. The minimum absolute atomic E-state index is 0.122. The van der Waals surface area contributed by atoms with Crippen LogP contribution in [0.5, 0.6) is 5.75 Å². The molecule has 0 radical (unpaired) electrons. The van der Waals surface area contributed by atoms with E-state index in [1.54, 1.807) is 4.68 Å². The van der Waals surface area contributed by atoms with Crippen LogP contribution >= 0.6 is 0 Å². The van der Waals surface area contributed by atoms with Gasteiger partial charge in [0.05, 0.1) is 29.4 Å². The zero-order chi connectivity index (χ0) is 23.4. The molecule has 1 atom stereocenters. The van der Waals surface area contributed by atoms with Gasteiger partial charge in [-0.1, -0.05) is 23.3 Å². The van der Waals surface area contributed by atoms with Gasteiger partial charge >= 0.3 is 0 Å². The number of nitrogens with zero attached hydrogens (tertiary/aromatic N) is 7. The number of carbonyl (C=O) groups is 1. The number of rotatable bonds is 7. The lowest BCUT2D eigenvalue weighted by Gasteiger charge is -2.37. The first-order valence-electron chi connectivity index (χ1n) is 10.4. The van der Waals surface area contributed by atoms with Gasteiger partial charge in [0.25, 0.3) is 5.69 Å². The van der Waals surface area contributed by atoms with Gasteiger partial charge in [0, 0.05) is 38.3 Å². The maximum atomic E-state index is 12.9. The molecule has 0 aliphatic carbocycles. The van der Waals surface area contributed by atoms with Crippen molar-refractivity contribution in [3.05, 3.63) is 58.6 Å². The summed E-state index contributed by atoms with van der Waals surface area (Å²) >= 11 is 0. The summed E-state index contributed by atoms with van der Waals surface area (Å²) in [4.78, 5) is 27.6. The smallest absolute Gasteiger partial charge is 0.271 e. The van der Waals surface area contributed by atoms with Crippen molar-refractivity contribution >= 4 is 23.2 Å². The van der Waals surface area contributed by atoms with E-state index < -0.39 is 11.0 Å². The van der Waals surface area contributed by atoms with Crippen molar-refractivity contribution in [3.63, 3.8) is 0 Å². The highest BCUT2D eigenvalue weighted by Crippen LogP contribution is 2.29. The number of anilines is 2. The van der Waals surface area contributed by atoms with Gasteiger partial charge in [-0.05, 0) is 35.5 Å². The predicted octanol–water partition coefficient (Wildman–Crippen LogP) is 1.73. The number of piperazine rings is 1. The maximum absolute atomic E-state index is 12.9. The van der Waals surface area contributed by atoms with Crippen molar-refractivity contribution in [1.29, 1.82) is 0 Å². The molecule has 12 nitrogen and oxygen atoms in total. The Morgan fingerprint density at radius 1 is 1.15 bits per heavy atom. The largest absolute Gasteiger partial charge is 0.495 e. The molecule has 1 amide bonds. The van der Waals surface area contributed by atoms with E-state index in [0.29, 0.717) is 37.9 Å². The Labute approximate surface area is 189 Å². The Kier molecular flexibility index (Phi) is 6.45. The normalized spacial score (nSPS) is 15.2. The van der Waals surface area contributed by atoms with Crippen LogP contribution in [0.2, 0.25) is 0 Å². The van der Waals surface area contributed by atoms with Gasteiger partial charge in [0.2, 0.25) is 11.9 Å². The van der Waals surface area contributed by atoms with Crippen LogP contribution in [0.4, 0.5) is 17.3 Å². The maximum Gasteiger partial charge on any atom is 0.271 e. The number of nitro benzene ring substituents is 1. The van der Waals surface area contributed by atoms with Gasteiger partial charge in [0.15, 0.2) is 0 Å². The molecule has 1 fully saturated rings. The van der Waals surface area contributed by atoms with E-state index in [1.807, 2.05) is 42.2 Å². The summed E-state index contributed by atoms with van der Waals surface area (Å²) in [5.41, 5.74) is 1.02. The fourth-order valence-corrected chi connectivity index (χ4v) is 3.74. The summed E-state index contributed by atoms with van der Waals surface area (Å²) < 4.78 is 6.93. The first kappa shape index (κ1) is 22.1. The van der Waals surface area contributed by atoms with Gasteiger partial charge in [-0.2, -0.15) is 4.68 Å². The average Bonchev–Trinajstić information content (AvgIpc) is 3.34. The summed E-state index contributed by atoms with van der Waals surface area (Å²) in [6, 6.07) is 13.3. The molecule has 1 unspecified atom stereocenters. The van der Waals surface area contributed by atoms with Crippen LogP contribution in [0.1, 0.15) is 6.92 Å². The number of hydrogen-bond donors (Lipinski definition) is 1. The van der Waals surface area contributed by atoms with Crippen LogP contribution in [0.25, 0.3) is 5.69 Å². The van der Waals surface area contributed by atoms with Crippen LogP contribution in [0.15, 0.2) is 48.5 Å². The molecule has 0 spiro atoms. The third-order valence-corrected chi connectivity index (χ3v) is 5.63. The number of hydrogen-bond acceptors (Lipinski definition) is 9. The molecule has 0 saturated carbocycles. The lowest BCUT2D eigenvalue weighted by atomic mass is 10.2. The van der Waals surface area contributed by atoms with E-state index in [9.17, 15) is 14.9 Å². The lowest BCUT2D eigenvalue weighted by molar-refractivity contribution is -0.384. The number of ether oxygens (including phenoxy) is 1. The first-order valence-corrected chi connectivity index (χ1v) is 10.4. The average molecular weight is 452 g/mol. The summed E-state index contributed by atoms with van der Waals surface area (Å²) in [5, 5.41) is 26.0. The number of tetrazole rings is 1. The Hall–Kier alpha value is -4.06. The quantitative estimate of drug-likeness (QED) is 0.420. The Morgan fingerprint density at radius 2 is 1.88 bits per heavy atom. The van der Waals surface area contributed by atoms with Gasteiger partial charge in [-0.25, -0.2) is 0 Å². The highest BCUT2D eigenvalue weighted by Gasteiger charge is 2.28. The fraction of sp³-hybridized carbons (Fsp3) is 0.333. The van der Waals surface area contributed by atoms with Crippen LogP contribution in [0, 0.1) is 10.1 Å². The predicted molar refractivity (Wildman–Crippen MR) is 121 cm³/mol. The van der Waals surface area contributed by atoms with E-state index in [2.05, 4.69) is 25.7 Å². The molecular weight excluding hydrogens is 428 g/mol. The van der Waals surface area contributed by atoms with Crippen LogP contribution in [-0.4, -0.2) is 75.3 Å². The second-order valence-corrected chi connectivity index (χ2v) is 7.56. The molecule has 0 bridgehead atoms. The number of nitro groups is 1. The highest BCUT2D eigenvalue weighted by atomic mass is 16.6. The van der Waals surface area contributed by atoms with Crippen molar-refractivity contribution in [2.75, 3.05) is 43.5 Å². The number of methoxy groups -OCH3 is 1. The number of non-ortho nitro benzene ring substituents is 1. The second kappa shape index (κ2) is 9.61. The van der Waals surface area contributed by atoms with Crippen LogP contribution in [-0.2, 0) is 4.79 Å². The zero-order valence-corrected chi connectivity index (χ0v) is 18.3. The third kappa shape index (κ3) is 4.75. The molecule has 3 aromatic rings. The standard InChI is InChI=1S/C21H24N8O4/c1-15(20(30)22-18-14-17(29(31)32)8-9-19(18)33-2)26-10-12-27(13-11-26)21-23-24-25-28(21)16-6-4-3-5-7-16/h3-9,14-15H,10-13H2,1-2H3,(H,22,30). The zero-order valence-electron chi connectivity index (χ0n) is 18.3. The Bertz CT molecular complexity index is 1130. The number of carbonyl (C=O) groups excluding carboxylic acids is 1. The highest BCUT2D eigenvalue weighted by molar-refractivity contribution is 5.96. The van der Waals surface area contributed by atoms with Crippen molar-refractivity contribution < 1.29 is 14.5 Å². The van der Waals surface area contributed by atoms with E-state index in [4.69, 9.17) is 4.74 Å². The monoisotopic (exact) mass is 452 g/mol. The molecule has 12 heteroatoms. The van der Waals surface area contributed by atoms with Crippen LogP contribution in [0.3, 0.4) is 0 Å². The Balaban J connectivity index is 1.40. The molecule has 2 aromatic carbocycles. The number of benzene rings is 2. The van der Waals surface area contributed by atoms with Gasteiger partial charge < -0.3 is 15.0 Å². The van der Waals surface area contributed by atoms with Crippen molar-refractivity contribution in [2.24, 2.45) is 0 Å². The molecule has 1 aliphatic rings. The topological polar surface area (TPSA) is 132 Å². The molecule has 2 heterocycles. The minimum atomic E-state index is -0.513. The Morgan fingerprint density at radius 3 is 2.55 bits per heavy atom. The molecule has 1 aromatic heterocycles. The van der Waals surface area contributed by atoms with E-state index >= 15 is 0 Å². The summed E-state index contributed by atoms with van der Waals surface area (Å²) in [6.45, 7) is 4.35. The minimum Gasteiger partial charge on any atom is -0.495 e. The second-order valence-electron chi connectivity index (χ2n) is 7.56. The molecular formula is C21H24N8O4. The molecule has 1 N–H and O–H groups in total. The van der Waals surface area contributed by atoms with E-state index in [0.717, 1.165) is 5.69 Å². The molecule has 1 aliphatic heterocycles. The van der Waals surface area contributed by atoms with Gasteiger partial charge in [-0.15, -0.1) is 0 Å². The van der Waals surface area contributed by atoms with E-state index in [1.165, 1.54) is 25.3 Å². The molecule has 1 saturated heterocycles. The SMILES string of the molecule is COc1ccc([N+](=O)[O-])cc1NC(=O)C(C)N1CCN(c2nnnn2-c2ccccc2)CC1. The first-order chi connectivity index (χ1) is 16.0. The fourth-order valence-electron chi connectivity index (χ4n) is 3.74. The number of aromatic nitrogens is 4. The van der Waals surface area contributed by atoms with Gasteiger partial charge in [-0.3, -0.25) is 19.8 Å². The summed E-state index contributed by atoms with van der Waals surface area (Å²) in [5.74, 6) is 0.745. The van der Waals surface area contributed by atoms with Crippen LogP contribution < -0.4 is 15.0 Å². The van der Waals surface area contributed by atoms with E-state index in [-0.39, 0.29) is 17.3 Å². The van der Waals surface area contributed by atoms with Crippen molar-refractivity contribution in [3.8, 4) is 11.4 Å². The number of amides is 1. The van der Waals surface area contributed by atoms with Gasteiger partial charge in [0.1, 0.15) is 5.75 Å². The molecule has 33 heavy (non-hydrogen) atoms. The molecule has 4 rings (SSSR count). The summed E-state index contributed by atoms with van der Waals surface area (Å²) in [6.07, 6.45) is 0.